The second-order valence-corrected chi connectivity index (χ2v) is 6.81. The van der Waals surface area contributed by atoms with E-state index in [-0.39, 0.29) is 18.0 Å². The molecule has 0 spiro atoms. The summed E-state index contributed by atoms with van der Waals surface area (Å²) < 4.78 is 4.73. The van der Waals surface area contributed by atoms with Gasteiger partial charge in [-0.3, -0.25) is 19.7 Å². The van der Waals surface area contributed by atoms with Crippen LogP contribution in [0.5, 0.6) is 0 Å². The zero-order valence-corrected chi connectivity index (χ0v) is 15.6. The van der Waals surface area contributed by atoms with Gasteiger partial charge in [-0.1, -0.05) is 24.3 Å². The van der Waals surface area contributed by atoms with E-state index in [9.17, 15) is 19.7 Å². The maximum Gasteiger partial charge on any atom is 0.307 e. The second kappa shape index (κ2) is 8.65. The van der Waals surface area contributed by atoms with Crippen molar-refractivity contribution >= 4 is 17.6 Å². The lowest BCUT2D eigenvalue weighted by Crippen LogP contribution is -2.31. The van der Waals surface area contributed by atoms with Crippen LogP contribution in [0.15, 0.2) is 42.5 Å². The van der Waals surface area contributed by atoms with E-state index in [1.807, 2.05) is 12.1 Å². The first-order chi connectivity index (χ1) is 13.5. The van der Waals surface area contributed by atoms with Gasteiger partial charge >= 0.3 is 5.97 Å². The van der Waals surface area contributed by atoms with E-state index in [0.717, 1.165) is 31.2 Å². The molecule has 1 aliphatic rings. The molecule has 1 aliphatic carbocycles. The molecule has 2 aromatic carbocycles. The van der Waals surface area contributed by atoms with Crippen molar-refractivity contribution in [2.24, 2.45) is 0 Å². The molecule has 0 saturated heterocycles. The quantitative estimate of drug-likeness (QED) is 0.468. The number of nitro benzene ring substituents is 1. The maximum absolute atomic E-state index is 13.0. The highest BCUT2D eigenvalue weighted by Crippen LogP contribution is 2.26. The molecule has 1 unspecified atom stereocenters. The van der Waals surface area contributed by atoms with E-state index < -0.39 is 16.9 Å². The standard InChI is InChI=1S/C21H22N2O5/c1-28-20(24)13-19(15-8-4-9-16(12-15)23(26)27)22-21(25)18-11-5-7-14-6-2-3-10-17(14)18/h4-5,7-9,11-12,19H,2-3,6,10,13H2,1H3,(H,22,25). The monoisotopic (exact) mass is 382 g/mol. The van der Waals surface area contributed by atoms with Crippen LogP contribution < -0.4 is 5.32 Å². The molecule has 2 aromatic rings. The molecular formula is C21H22N2O5. The van der Waals surface area contributed by atoms with Gasteiger partial charge in [0.25, 0.3) is 11.6 Å². The molecule has 7 heteroatoms. The second-order valence-electron chi connectivity index (χ2n) is 6.81. The molecule has 0 fully saturated rings. The Hall–Kier alpha value is -3.22. The number of nitro groups is 1. The predicted octanol–water partition coefficient (Wildman–Crippen LogP) is 3.51. The number of rotatable bonds is 6. The zero-order valence-electron chi connectivity index (χ0n) is 15.6. The first-order valence-electron chi connectivity index (χ1n) is 9.22. The number of ether oxygens (including phenoxy) is 1. The number of nitrogens with zero attached hydrogens (tertiary/aromatic N) is 1. The van der Waals surface area contributed by atoms with Crippen LogP contribution in [0.25, 0.3) is 0 Å². The Morgan fingerprint density at radius 3 is 2.68 bits per heavy atom. The third-order valence-electron chi connectivity index (χ3n) is 5.03. The molecule has 28 heavy (non-hydrogen) atoms. The highest BCUT2D eigenvalue weighted by molar-refractivity contribution is 5.96. The SMILES string of the molecule is COC(=O)CC(NC(=O)c1cccc2c1CCCC2)c1cccc([N+](=O)[O-])c1. The summed E-state index contributed by atoms with van der Waals surface area (Å²) in [6, 6.07) is 10.9. The van der Waals surface area contributed by atoms with Gasteiger partial charge in [0.2, 0.25) is 0 Å². The van der Waals surface area contributed by atoms with Gasteiger partial charge in [0, 0.05) is 17.7 Å². The van der Waals surface area contributed by atoms with Gasteiger partial charge in [-0.15, -0.1) is 0 Å². The summed E-state index contributed by atoms with van der Waals surface area (Å²) in [4.78, 5) is 35.4. The molecule has 0 heterocycles. The summed E-state index contributed by atoms with van der Waals surface area (Å²) >= 11 is 0. The summed E-state index contributed by atoms with van der Waals surface area (Å²) in [5.74, 6) is -0.800. The average Bonchev–Trinajstić information content (AvgIpc) is 2.72. The summed E-state index contributed by atoms with van der Waals surface area (Å²) in [7, 11) is 1.27. The van der Waals surface area contributed by atoms with Gasteiger partial charge < -0.3 is 10.1 Å². The van der Waals surface area contributed by atoms with Crippen LogP contribution in [0.1, 0.15) is 52.4 Å². The average molecular weight is 382 g/mol. The molecule has 0 aromatic heterocycles. The Balaban J connectivity index is 1.90. The van der Waals surface area contributed by atoms with Gasteiger partial charge in [0.1, 0.15) is 0 Å². The van der Waals surface area contributed by atoms with Crippen molar-refractivity contribution in [3.63, 3.8) is 0 Å². The number of fused-ring (bicyclic) bond motifs is 1. The van der Waals surface area contributed by atoms with Crippen LogP contribution in [0.2, 0.25) is 0 Å². The summed E-state index contributed by atoms with van der Waals surface area (Å²) in [5, 5.41) is 14.0. The highest BCUT2D eigenvalue weighted by Gasteiger charge is 2.24. The minimum atomic E-state index is -0.723. The van der Waals surface area contributed by atoms with E-state index in [1.165, 1.54) is 30.9 Å². The third kappa shape index (κ3) is 4.36. The number of esters is 1. The Kier molecular flexibility index (Phi) is 6.03. The number of hydrogen-bond donors (Lipinski definition) is 1. The Morgan fingerprint density at radius 2 is 1.93 bits per heavy atom. The van der Waals surface area contributed by atoms with Crippen LogP contribution in [-0.4, -0.2) is 23.9 Å². The van der Waals surface area contributed by atoms with Crippen LogP contribution in [-0.2, 0) is 22.4 Å². The van der Waals surface area contributed by atoms with Crippen LogP contribution in [0, 0.1) is 10.1 Å². The Bertz CT molecular complexity index is 909. The Labute approximate surface area is 162 Å². The smallest absolute Gasteiger partial charge is 0.307 e. The first kappa shape index (κ1) is 19.5. The number of carbonyl (C=O) groups excluding carboxylic acids is 2. The van der Waals surface area contributed by atoms with Crippen LogP contribution in [0.4, 0.5) is 5.69 Å². The molecular weight excluding hydrogens is 360 g/mol. The number of non-ortho nitro benzene ring substituents is 1. The molecule has 0 saturated carbocycles. The van der Waals surface area contributed by atoms with Crippen molar-refractivity contribution in [1.29, 1.82) is 0 Å². The third-order valence-corrected chi connectivity index (χ3v) is 5.03. The summed E-state index contributed by atoms with van der Waals surface area (Å²) in [6.07, 6.45) is 3.83. The normalized spacial score (nSPS) is 13.9. The fraction of sp³-hybridized carbons (Fsp3) is 0.333. The lowest BCUT2D eigenvalue weighted by Gasteiger charge is -2.22. The van der Waals surface area contributed by atoms with Crippen molar-refractivity contribution in [1.82, 2.24) is 5.32 Å². The van der Waals surface area contributed by atoms with Crippen molar-refractivity contribution in [3.05, 3.63) is 74.8 Å². The molecule has 1 atom stereocenters. The van der Waals surface area contributed by atoms with E-state index >= 15 is 0 Å². The number of carbonyl (C=O) groups is 2. The fourth-order valence-electron chi connectivity index (χ4n) is 3.59. The minimum Gasteiger partial charge on any atom is -0.469 e. The topological polar surface area (TPSA) is 98.5 Å². The molecule has 0 radical (unpaired) electrons. The van der Waals surface area contributed by atoms with Crippen LogP contribution >= 0.6 is 0 Å². The van der Waals surface area contributed by atoms with E-state index in [4.69, 9.17) is 4.74 Å². The number of aryl methyl sites for hydroxylation is 1. The number of nitrogens with one attached hydrogen (secondary N) is 1. The summed E-state index contributed by atoms with van der Waals surface area (Å²) in [5.41, 5.74) is 3.20. The minimum absolute atomic E-state index is 0.0984. The predicted molar refractivity (Wildman–Crippen MR) is 103 cm³/mol. The molecule has 7 nitrogen and oxygen atoms in total. The fourth-order valence-corrected chi connectivity index (χ4v) is 3.59. The molecule has 1 N–H and O–H groups in total. The number of amides is 1. The number of hydrogen-bond acceptors (Lipinski definition) is 5. The molecule has 3 rings (SSSR count). The Morgan fingerprint density at radius 1 is 1.18 bits per heavy atom. The van der Waals surface area contributed by atoms with Gasteiger partial charge in [0.05, 0.1) is 24.5 Å². The van der Waals surface area contributed by atoms with Gasteiger partial charge in [-0.05, 0) is 48.4 Å². The van der Waals surface area contributed by atoms with Crippen molar-refractivity contribution < 1.29 is 19.2 Å². The number of methoxy groups -OCH3 is 1. The van der Waals surface area contributed by atoms with Crippen LogP contribution in [0.3, 0.4) is 0 Å². The molecule has 1 amide bonds. The van der Waals surface area contributed by atoms with E-state index in [2.05, 4.69) is 5.32 Å². The van der Waals surface area contributed by atoms with Crippen molar-refractivity contribution in [2.45, 2.75) is 38.1 Å². The zero-order chi connectivity index (χ0) is 20.1. The maximum atomic E-state index is 13.0. The van der Waals surface area contributed by atoms with Gasteiger partial charge in [0.15, 0.2) is 0 Å². The highest BCUT2D eigenvalue weighted by atomic mass is 16.6. The van der Waals surface area contributed by atoms with Crippen molar-refractivity contribution in [2.75, 3.05) is 7.11 Å². The lowest BCUT2D eigenvalue weighted by atomic mass is 9.88. The van der Waals surface area contributed by atoms with Gasteiger partial charge in [-0.2, -0.15) is 0 Å². The first-order valence-corrected chi connectivity index (χ1v) is 9.22. The molecule has 0 aliphatic heterocycles. The lowest BCUT2D eigenvalue weighted by molar-refractivity contribution is -0.384. The summed E-state index contributed by atoms with van der Waals surface area (Å²) in [6.45, 7) is 0. The number of benzene rings is 2. The van der Waals surface area contributed by atoms with E-state index in [0.29, 0.717) is 11.1 Å². The molecule has 0 bridgehead atoms. The molecule has 146 valence electrons. The van der Waals surface area contributed by atoms with E-state index in [1.54, 1.807) is 12.1 Å². The largest absolute Gasteiger partial charge is 0.469 e. The van der Waals surface area contributed by atoms with Gasteiger partial charge in [-0.25, -0.2) is 0 Å². The van der Waals surface area contributed by atoms with Crippen molar-refractivity contribution in [3.8, 4) is 0 Å².